The molecule has 0 aromatic heterocycles. The lowest BCUT2D eigenvalue weighted by atomic mass is 10.1. The van der Waals surface area contributed by atoms with Crippen LogP contribution < -0.4 is 10.6 Å². The average molecular weight is 128 g/mol. The molecule has 0 radical (unpaired) electrons. The lowest BCUT2D eigenvalue weighted by molar-refractivity contribution is -0.132. The molecular formula is C5H8N2O2. The number of nitrogens with one attached hydrogen (secondary N) is 2. The first-order valence-corrected chi connectivity index (χ1v) is 2.75. The predicted octanol–water partition coefficient (Wildman–Crippen LogP) is -1.38. The van der Waals surface area contributed by atoms with E-state index in [0.717, 1.165) is 0 Å². The first-order valence-electron chi connectivity index (χ1n) is 2.75. The van der Waals surface area contributed by atoms with E-state index in [4.69, 9.17) is 0 Å². The fraction of sp³-hybridized carbons (Fsp3) is 0.600. The first kappa shape index (κ1) is 6.07. The molecule has 9 heavy (non-hydrogen) atoms. The fourth-order valence-electron chi connectivity index (χ4n) is 0.649. The molecule has 1 saturated heterocycles. The van der Waals surface area contributed by atoms with Crippen molar-refractivity contribution in [3.8, 4) is 0 Å². The largest absolute Gasteiger partial charge is 0.352 e. The summed E-state index contributed by atoms with van der Waals surface area (Å²) in [6.45, 7) is 1.96. The molecule has 4 heteroatoms. The predicted molar refractivity (Wildman–Crippen MR) is 30.6 cm³/mol. The third kappa shape index (κ3) is 1.19. The molecule has 0 aromatic rings. The van der Waals surface area contributed by atoms with E-state index in [0.29, 0.717) is 6.54 Å². The molecule has 1 aliphatic heterocycles. The minimum atomic E-state index is -0.275. The Hall–Kier alpha value is -1.06. The van der Waals surface area contributed by atoms with Gasteiger partial charge in [0.05, 0.1) is 0 Å². The van der Waals surface area contributed by atoms with Gasteiger partial charge >= 0.3 is 0 Å². The van der Waals surface area contributed by atoms with Crippen LogP contribution in [0.1, 0.15) is 6.92 Å². The molecular weight excluding hydrogens is 120 g/mol. The van der Waals surface area contributed by atoms with Crippen molar-refractivity contribution >= 4 is 11.8 Å². The van der Waals surface area contributed by atoms with Crippen molar-refractivity contribution in [2.45, 2.75) is 13.0 Å². The zero-order chi connectivity index (χ0) is 6.85. The Morgan fingerprint density at radius 1 is 1.89 bits per heavy atom. The summed E-state index contributed by atoms with van der Waals surface area (Å²) in [5.41, 5.74) is 0. The van der Waals surface area contributed by atoms with Gasteiger partial charge < -0.3 is 10.6 Å². The third-order valence-electron chi connectivity index (χ3n) is 1.17. The van der Waals surface area contributed by atoms with Crippen molar-refractivity contribution < 1.29 is 9.59 Å². The molecule has 0 aromatic carbocycles. The molecule has 1 aliphatic rings. The second-order valence-electron chi connectivity index (χ2n) is 2.00. The van der Waals surface area contributed by atoms with Crippen molar-refractivity contribution in [3.05, 3.63) is 0 Å². The molecule has 0 saturated carbocycles. The van der Waals surface area contributed by atoms with Gasteiger partial charge in [-0.05, 0) is 0 Å². The Labute approximate surface area is 52.6 Å². The van der Waals surface area contributed by atoms with Crippen LogP contribution in [0.2, 0.25) is 0 Å². The van der Waals surface area contributed by atoms with Gasteiger partial charge in [0.25, 0.3) is 0 Å². The Morgan fingerprint density at radius 3 is 2.67 bits per heavy atom. The maximum absolute atomic E-state index is 10.4. The monoisotopic (exact) mass is 128 g/mol. The summed E-state index contributed by atoms with van der Waals surface area (Å²) in [6, 6.07) is -0.275. The van der Waals surface area contributed by atoms with Gasteiger partial charge in [-0.1, -0.05) is 0 Å². The summed E-state index contributed by atoms with van der Waals surface area (Å²) in [5.74, 6) is -0.250. The van der Waals surface area contributed by atoms with E-state index < -0.39 is 0 Å². The van der Waals surface area contributed by atoms with Gasteiger partial charge in [0.2, 0.25) is 11.8 Å². The van der Waals surface area contributed by atoms with E-state index in [-0.39, 0.29) is 17.9 Å². The van der Waals surface area contributed by atoms with Crippen LogP contribution in [0.25, 0.3) is 0 Å². The second kappa shape index (κ2) is 2.05. The van der Waals surface area contributed by atoms with Crippen LogP contribution in [0.4, 0.5) is 0 Å². The zero-order valence-electron chi connectivity index (χ0n) is 5.10. The van der Waals surface area contributed by atoms with Gasteiger partial charge in [0.1, 0.15) is 6.04 Å². The minimum Gasteiger partial charge on any atom is -0.352 e. The molecule has 4 nitrogen and oxygen atoms in total. The van der Waals surface area contributed by atoms with E-state index in [9.17, 15) is 9.59 Å². The number of rotatable bonds is 1. The van der Waals surface area contributed by atoms with Crippen molar-refractivity contribution in [1.29, 1.82) is 0 Å². The van der Waals surface area contributed by atoms with E-state index in [1.807, 2.05) is 0 Å². The lowest BCUT2D eigenvalue weighted by Crippen LogP contribution is -2.61. The van der Waals surface area contributed by atoms with Gasteiger partial charge in [0, 0.05) is 13.5 Å². The van der Waals surface area contributed by atoms with E-state index in [2.05, 4.69) is 10.6 Å². The summed E-state index contributed by atoms with van der Waals surface area (Å²) in [4.78, 5) is 20.7. The van der Waals surface area contributed by atoms with E-state index in [1.54, 1.807) is 0 Å². The van der Waals surface area contributed by atoms with Crippen LogP contribution >= 0.6 is 0 Å². The number of carbonyl (C=O) groups excluding carboxylic acids is 2. The SMILES string of the molecule is CC(=O)NC1CNC1=O. The van der Waals surface area contributed by atoms with E-state index >= 15 is 0 Å². The molecule has 1 fully saturated rings. The maximum atomic E-state index is 10.4. The molecule has 0 spiro atoms. The molecule has 2 amide bonds. The molecule has 1 rings (SSSR count). The Bertz CT molecular complexity index is 155. The summed E-state index contributed by atoms with van der Waals surface area (Å²) < 4.78 is 0. The summed E-state index contributed by atoms with van der Waals surface area (Å²) in [7, 11) is 0. The van der Waals surface area contributed by atoms with Crippen LogP contribution in [0.3, 0.4) is 0 Å². The van der Waals surface area contributed by atoms with Crippen molar-refractivity contribution in [2.24, 2.45) is 0 Å². The first-order chi connectivity index (χ1) is 4.20. The molecule has 0 aliphatic carbocycles. The second-order valence-corrected chi connectivity index (χ2v) is 2.00. The molecule has 50 valence electrons. The summed E-state index contributed by atoms with van der Waals surface area (Å²) in [6.07, 6.45) is 0. The topological polar surface area (TPSA) is 58.2 Å². The Balaban J connectivity index is 2.29. The number of amides is 2. The van der Waals surface area contributed by atoms with Gasteiger partial charge in [0.15, 0.2) is 0 Å². The quantitative estimate of drug-likeness (QED) is 0.428. The lowest BCUT2D eigenvalue weighted by Gasteiger charge is -2.25. The molecule has 0 bridgehead atoms. The highest BCUT2D eigenvalue weighted by Gasteiger charge is 2.27. The van der Waals surface area contributed by atoms with Crippen molar-refractivity contribution in [2.75, 3.05) is 6.54 Å². The average Bonchev–Trinajstić information content (AvgIpc) is 1.79. The summed E-state index contributed by atoms with van der Waals surface area (Å²) in [5, 5.41) is 4.99. The zero-order valence-corrected chi connectivity index (χ0v) is 5.10. The van der Waals surface area contributed by atoms with Crippen molar-refractivity contribution in [1.82, 2.24) is 10.6 Å². The van der Waals surface area contributed by atoms with Gasteiger partial charge in [-0.3, -0.25) is 9.59 Å². The van der Waals surface area contributed by atoms with Gasteiger partial charge in [-0.15, -0.1) is 0 Å². The van der Waals surface area contributed by atoms with Crippen LogP contribution in [0, 0.1) is 0 Å². The molecule has 1 unspecified atom stereocenters. The minimum absolute atomic E-state index is 0.0924. The fourth-order valence-corrected chi connectivity index (χ4v) is 0.649. The number of carbonyl (C=O) groups is 2. The van der Waals surface area contributed by atoms with Crippen LogP contribution in [0.5, 0.6) is 0 Å². The highest BCUT2D eigenvalue weighted by molar-refractivity contribution is 5.91. The molecule has 1 heterocycles. The van der Waals surface area contributed by atoms with Gasteiger partial charge in [-0.2, -0.15) is 0 Å². The maximum Gasteiger partial charge on any atom is 0.244 e. The Kier molecular flexibility index (Phi) is 1.38. The number of hydrogen-bond acceptors (Lipinski definition) is 2. The standard InChI is InChI=1S/C5H8N2O2/c1-3(8)7-4-2-6-5(4)9/h4H,2H2,1H3,(H,6,9)(H,7,8). The smallest absolute Gasteiger partial charge is 0.244 e. The molecule has 1 atom stereocenters. The van der Waals surface area contributed by atoms with Crippen molar-refractivity contribution in [3.63, 3.8) is 0 Å². The van der Waals surface area contributed by atoms with Crippen LogP contribution in [0.15, 0.2) is 0 Å². The van der Waals surface area contributed by atoms with Crippen LogP contribution in [-0.2, 0) is 9.59 Å². The van der Waals surface area contributed by atoms with Crippen LogP contribution in [-0.4, -0.2) is 24.4 Å². The highest BCUT2D eigenvalue weighted by Crippen LogP contribution is 1.91. The summed E-state index contributed by atoms with van der Waals surface area (Å²) >= 11 is 0. The van der Waals surface area contributed by atoms with E-state index in [1.165, 1.54) is 6.92 Å². The third-order valence-corrected chi connectivity index (χ3v) is 1.17. The molecule has 2 N–H and O–H groups in total. The Morgan fingerprint density at radius 2 is 2.56 bits per heavy atom. The number of hydrogen-bond donors (Lipinski definition) is 2. The highest BCUT2D eigenvalue weighted by atomic mass is 16.2. The number of β-lactam (4-membered cyclic amide) rings is 1. The van der Waals surface area contributed by atoms with Gasteiger partial charge in [-0.25, -0.2) is 0 Å². The normalized spacial score (nSPS) is 24.1.